The van der Waals surface area contributed by atoms with E-state index in [9.17, 15) is 23.2 Å². The molecule has 0 spiro atoms. The molecule has 0 aliphatic rings. The average molecular weight is 530 g/mol. The van der Waals surface area contributed by atoms with Crippen LogP contribution in [0.1, 0.15) is 25.0 Å². The highest BCUT2D eigenvalue weighted by Crippen LogP contribution is 2.35. The van der Waals surface area contributed by atoms with Crippen molar-refractivity contribution < 1.29 is 27.4 Å². The van der Waals surface area contributed by atoms with E-state index in [4.69, 9.17) is 9.47 Å². The van der Waals surface area contributed by atoms with Gasteiger partial charge in [-0.2, -0.15) is 18.4 Å². The maximum atomic E-state index is 12.8. The number of halogens is 4. The molecule has 0 bridgehead atoms. The Hall–Kier alpha value is -2.74. The highest BCUT2D eigenvalue weighted by Gasteiger charge is 2.30. The fourth-order valence-electron chi connectivity index (χ4n) is 2.51. The Morgan fingerprint density at radius 1 is 1.20 bits per heavy atom. The third kappa shape index (κ3) is 6.13. The number of nitriles is 1. The van der Waals surface area contributed by atoms with Crippen molar-refractivity contribution >= 4 is 40.3 Å². The van der Waals surface area contributed by atoms with Crippen molar-refractivity contribution in [3.8, 4) is 17.6 Å². The van der Waals surface area contributed by atoms with Crippen LogP contribution in [0.3, 0.4) is 0 Å². The first-order valence-electron chi connectivity index (χ1n) is 8.89. The van der Waals surface area contributed by atoms with E-state index in [1.54, 1.807) is 18.2 Å². The lowest BCUT2D eigenvalue weighted by atomic mass is 10.1. The number of amides is 1. The number of carbonyl (C=O) groups is 1. The average Bonchev–Trinajstić information content (AvgIpc) is 2.68. The normalized spacial score (nSPS) is 11.6. The number of nitrogens with zero attached hydrogens (tertiary/aromatic N) is 1. The maximum absolute atomic E-state index is 12.8. The van der Waals surface area contributed by atoms with E-state index < -0.39 is 17.6 Å². The van der Waals surface area contributed by atoms with Gasteiger partial charge in [0.25, 0.3) is 5.91 Å². The van der Waals surface area contributed by atoms with Gasteiger partial charge in [0.1, 0.15) is 11.6 Å². The minimum absolute atomic E-state index is 0.0627. The number of hydrogen-bond donors (Lipinski definition) is 1. The Bertz CT molecular complexity index is 998. The fraction of sp³-hybridized carbons (Fsp3) is 0.238. The van der Waals surface area contributed by atoms with Gasteiger partial charge in [-0.05, 0) is 78.4 Å². The summed E-state index contributed by atoms with van der Waals surface area (Å²) in [4.78, 5) is 12.4. The Kier molecular flexibility index (Phi) is 8.11. The molecule has 1 N–H and O–H groups in total. The first-order chi connectivity index (χ1) is 14.2. The number of carbonyl (C=O) groups excluding carboxylic acids is 1. The van der Waals surface area contributed by atoms with Gasteiger partial charge in [0.15, 0.2) is 11.5 Å². The van der Waals surface area contributed by atoms with Crippen LogP contribution in [-0.2, 0) is 11.0 Å². The van der Waals surface area contributed by atoms with Gasteiger partial charge in [0, 0.05) is 5.69 Å². The minimum atomic E-state index is -4.54. The fourth-order valence-corrected chi connectivity index (χ4v) is 3.29. The lowest BCUT2D eigenvalue weighted by Gasteiger charge is -2.14. The molecule has 2 rings (SSSR count). The Labute approximate surface area is 185 Å². The summed E-state index contributed by atoms with van der Waals surface area (Å²) in [5.41, 5.74) is -0.714. The Balaban J connectivity index is 2.33. The largest absolute Gasteiger partial charge is 0.490 e. The van der Waals surface area contributed by atoms with Crippen LogP contribution < -0.4 is 14.8 Å². The zero-order chi connectivity index (χ0) is 22.3. The van der Waals surface area contributed by atoms with Gasteiger partial charge in [0.2, 0.25) is 0 Å². The number of benzene rings is 2. The van der Waals surface area contributed by atoms with Crippen molar-refractivity contribution in [3.05, 3.63) is 56.7 Å². The summed E-state index contributed by atoms with van der Waals surface area (Å²) in [6, 6.07) is 9.31. The van der Waals surface area contributed by atoms with Crippen molar-refractivity contribution in [3.63, 3.8) is 0 Å². The van der Waals surface area contributed by atoms with Crippen LogP contribution in [0.5, 0.6) is 11.5 Å². The first kappa shape index (κ1) is 23.5. The second-order valence-corrected chi connectivity index (χ2v) is 7.06. The van der Waals surface area contributed by atoms with E-state index in [1.807, 2.05) is 13.8 Å². The van der Waals surface area contributed by atoms with Crippen LogP contribution in [0.4, 0.5) is 18.9 Å². The number of anilines is 1. The molecule has 158 valence electrons. The molecule has 0 radical (unpaired) electrons. The van der Waals surface area contributed by atoms with Gasteiger partial charge in [-0.25, -0.2) is 0 Å². The number of rotatable bonds is 7. The van der Waals surface area contributed by atoms with Crippen LogP contribution in [0.2, 0.25) is 0 Å². The van der Waals surface area contributed by atoms with Gasteiger partial charge in [-0.3, -0.25) is 4.79 Å². The van der Waals surface area contributed by atoms with Crippen LogP contribution in [0.15, 0.2) is 42.0 Å². The van der Waals surface area contributed by atoms with Crippen molar-refractivity contribution in [1.82, 2.24) is 0 Å². The predicted octanol–water partition coefficient (Wildman–Crippen LogP) is 5.65. The van der Waals surface area contributed by atoms with Gasteiger partial charge in [0.05, 0.1) is 22.3 Å². The molecule has 9 heteroatoms. The third-order valence-corrected chi connectivity index (χ3v) is 4.55. The van der Waals surface area contributed by atoms with E-state index in [0.717, 1.165) is 15.7 Å². The third-order valence-electron chi connectivity index (χ3n) is 3.74. The van der Waals surface area contributed by atoms with E-state index in [-0.39, 0.29) is 11.3 Å². The Morgan fingerprint density at radius 3 is 2.50 bits per heavy atom. The zero-order valence-electron chi connectivity index (χ0n) is 16.1. The standard InChI is InChI=1S/C21H18F3IN2O3/c1-3-29-18-10-13(9-17(25)19(18)30-4-2)8-14(12-26)20(28)27-16-7-5-6-15(11-16)21(22,23)24/h5-11H,3-4H2,1-2H3,(H,27,28)/b14-8+. The molecule has 0 atom stereocenters. The monoisotopic (exact) mass is 530 g/mol. The van der Waals surface area contributed by atoms with Crippen molar-refractivity contribution in [2.24, 2.45) is 0 Å². The maximum Gasteiger partial charge on any atom is 0.416 e. The molecule has 0 aliphatic carbocycles. The molecule has 5 nitrogen and oxygen atoms in total. The van der Waals surface area contributed by atoms with E-state index in [0.29, 0.717) is 30.3 Å². The van der Waals surface area contributed by atoms with Crippen molar-refractivity contribution in [1.29, 1.82) is 5.26 Å². The lowest BCUT2D eigenvalue weighted by Crippen LogP contribution is -2.14. The summed E-state index contributed by atoms with van der Waals surface area (Å²) >= 11 is 2.06. The molecule has 2 aromatic carbocycles. The van der Waals surface area contributed by atoms with Crippen LogP contribution in [0.25, 0.3) is 6.08 Å². The molecule has 0 saturated carbocycles. The van der Waals surface area contributed by atoms with Gasteiger partial charge >= 0.3 is 6.18 Å². The number of hydrogen-bond acceptors (Lipinski definition) is 4. The molecule has 0 aromatic heterocycles. The second kappa shape index (κ2) is 10.3. The highest BCUT2D eigenvalue weighted by atomic mass is 127. The molecule has 0 fully saturated rings. The topological polar surface area (TPSA) is 71.3 Å². The Morgan fingerprint density at radius 2 is 1.90 bits per heavy atom. The van der Waals surface area contributed by atoms with E-state index >= 15 is 0 Å². The summed E-state index contributed by atoms with van der Waals surface area (Å²) < 4.78 is 50.4. The lowest BCUT2D eigenvalue weighted by molar-refractivity contribution is -0.137. The van der Waals surface area contributed by atoms with Gasteiger partial charge in [-0.15, -0.1) is 0 Å². The van der Waals surface area contributed by atoms with Crippen molar-refractivity contribution in [2.45, 2.75) is 20.0 Å². The molecule has 0 aliphatic heterocycles. The zero-order valence-corrected chi connectivity index (χ0v) is 18.3. The predicted molar refractivity (Wildman–Crippen MR) is 115 cm³/mol. The first-order valence-corrected chi connectivity index (χ1v) is 9.97. The highest BCUT2D eigenvalue weighted by molar-refractivity contribution is 14.1. The summed E-state index contributed by atoms with van der Waals surface area (Å²) in [5.74, 6) is 0.204. The summed E-state index contributed by atoms with van der Waals surface area (Å²) in [5, 5.41) is 11.7. The molecule has 2 aromatic rings. The van der Waals surface area contributed by atoms with Crippen molar-refractivity contribution in [2.75, 3.05) is 18.5 Å². The minimum Gasteiger partial charge on any atom is -0.490 e. The van der Waals surface area contributed by atoms with Crippen LogP contribution in [-0.4, -0.2) is 19.1 Å². The molecule has 0 unspecified atom stereocenters. The summed E-state index contributed by atoms with van der Waals surface area (Å²) in [6.07, 6.45) is -3.20. The number of alkyl halides is 3. The quantitative estimate of drug-likeness (QED) is 0.285. The van der Waals surface area contributed by atoms with Gasteiger partial charge < -0.3 is 14.8 Å². The SMILES string of the molecule is CCOc1cc(/C=C(\C#N)C(=O)Nc2cccc(C(F)(F)F)c2)cc(I)c1OCC. The smallest absolute Gasteiger partial charge is 0.416 e. The number of ether oxygens (including phenoxy) is 2. The van der Waals surface area contributed by atoms with E-state index in [1.165, 1.54) is 18.2 Å². The second-order valence-electron chi connectivity index (χ2n) is 5.90. The molecule has 1 amide bonds. The molecular weight excluding hydrogens is 512 g/mol. The number of nitrogens with one attached hydrogen (secondary N) is 1. The molecule has 0 saturated heterocycles. The van der Waals surface area contributed by atoms with E-state index in [2.05, 4.69) is 27.9 Å². The van der Waals surface area contributed by atoms with Crippen LogP contribution >= 0.6 is 22.6 Å². The van der Waals surface area contributed by atoms with Crippen LogP contribution in [0, 0.1) is 14.9 Å². The molecule has 0 heterocycles. The summed E-state index contributed by atoms with van der Waals surface area (Å²) in [7, 11) is 0. The van der Waals surface area contributed by atoms with Gasteiger partial charge in [-0.1, -0.05) is 6.07 Å². The molecule has 30 heavy (non-hydrogen) atoms. The molecular formula is C21H18F3IN2O3. The summed E-state index contributed by atoms with van der Waals surface area (Å²) in [6.45, 7) is 4.48.